The molecule has 9 nitrogen and oxygen atoms in total. The van der Waals surface area contributed by atoms with Gasteiger partial charge in [0.15, 0.2) is 11.5 Å². The van der Waals surface area contributed by atoms with Crippen molar-refractivity contribution in [2.75, 3.05) is 25.1 Å². The number of rotatable bonds is 12. The van der Waals surface area contributed by atoms with E-state index in [9.17, 15) is 18.0 Å². The number of carbonyl (C=O) groups is 2. The minimum atomic E-state index is -4.33. The molecule has 232 valence electrons. The third-order valence-corrected chi connectivity index (χ3v) is 9.18. The summed E-state index contributed by atoms with van der Waals surface area (Å²) in [6.07, 6.45) is 0. The predicted octanol–water partition coefficient (Wildman–Crippen LogP) is 5.76. The fourth-order valence-corrected chi connectivity index (χ4v) is 6.50. The Hall–Kier alpha value is -3.47. The molecule has 1 atom stereocenters. The maximum atomic E-state index is 14.2. The third kappa shape index (κ3) is 8.13. The Morgan fingerprint density at radius 2 is 1.47 bits per heavy atom. The number of nitrogens with one attached hydrogen (secondary N) is 1. The molecule has 0 radical (unpaired) electrons. The minimum absolute atomic E-state index is 0.108. The summed E-state index contributed by atoms with van der Waals surface area (Å²) in [5.41, 5.74) is 2.33. The van der Waals surface area contributed by atoms with Gasteiger partial charge in [-0.1, -0.05) is 35.3 Å². The van der Waals surface area contributed by atoms with E-state index in [1.165, 1.54) is 37.3 Å². The largest absolute Gasteiger partial charge is 0.493 e. The van der Waals surface area contributed by atoms with Gasteiger partial charge in [0.2, 0.25) is 11.8 Å². The first-order chi connectivity index (χ1) is 20.2. The molecule has 0 heterocycles. The van der Waals surface area contributed by atoms with Crippen LogP contribution in [0.15, 0.2) is 59.5 Å². The number of carbonyl (C=O) groups excluding carboxylic acids is 2. The number of ether oxygens (including phenoxy) is 2. The number of halogens is 2. The highest BCUT2D eigenvalue weighted by Crippen LogP contribution is 2.33. The lowest BCUT2D eigenvalue weighted by Crippen LogP contribution is -2.52. The first-order valence-corrected chi connectivity index (χ1v) is 15.7. The molecule has 0 aliphatic rings. The van der Waals surface area contributed by atoms with Crippen molar-refractivity contribution in [1.29, 1.82) is 0 Å². The molecule has 0 unspecified atom stereocenters. The van der Waals surface area contributed by atoms with Crippen molar-refractivity contribution in [2.24, 2.45) is 0 Å². The van der Waals surface area contributed by atoms with Crippen LogP contribution in [0, 0.1) is 13.8 Å². The molecule has 0 aromatic heterocycles. The van der Waals surface area contributed by atoms with Gasteiger partial charge in [0.05, 0.1) is 24.8 Å². The van der Waals surface area contributed by atoms with Gasteiger partial charge in [-0.3, -0.25) is 13.9 Å². The lowest BCUT2D eigenvalue weighted by Gasteiger charge is -2.33. The number of methoxy groups -OCH3 is 2. The van der Waals surface area contributed by atoms with Crippen molar-refractivity contribution < 1.29 is 27.5 Å². The van der Waals surface area contributed by atoms with E-state index in [0.29, 0.717) is 21.4 Å². The van der Waals surface area contributed by atoms with Crippen LogP contribution in [0.4, 0.5) is 5.69 Å². The molecule has 0 bridgehead atoms. The van der Waals surface area contributed by atoms with Crippen LogP contribution >= 0.6 is 23.2 Å². The lowest BCUT2D eigenvalue weighted by molar-refractivity contribution is -0.139. The van der Waals surface area contributed by atoms with Gasteiger partial charge < -0.3 is 19.7 Å². The van der Waals surface area contributed by atoms with Crippen LogP contribution in [-0.2, 0) is 26.2 Å². The molecule has 3 rings (SSSR count). The molecule has 3 aromatic rings. The summed E-state index contributed by atoms with van der Waals surface area (Å²) in [5.74, 6) is -0.481. The molecular weight excluding hydrogens is 613 g/mol. The van der Waals surface area contributed by atoms with Gasteiger partial charge in [-0.25, -0.2) is 8.42 Å². The highest BCUT2D eigenvalue weighted by molar-refractivity contribution is 7.92. The van der Waals surface area contributed by atoms with Crippen molar-refractivity contribution in [1.82, 2.24) is 10.2 Å². The summed E-state index contributed by atoms with van der Waals surface area (Å²) < 4.78 is 40.1. The Morgan fingerprint density at radius 3 is 2.00 bits per heavy atom. The molecule has 12 heteroatoms. The zero-order valence-electron chi connectivity index (χ0n) is 25.3. The van der Waals surface area contributed by atoms with Gasteiger partial charge >= 0.3 is 0 Å². The van der Waals surface area contributed by atoms with E-state index in [0.717, 1.165) is 15.4 Å². The van der Waals surface area contributed by atoms with Crippen LogP contribution in [0.5, 0.6) is 11.5 Å². The fraction of sp³-hybridized carbons (Fsp3) is 0.355. The van der Waals surface area contributed by atoms with Crippen molar-refractivity contribution >= 4 is 50.7 Å². The average Bonchev–Trinajstić information content (AvgIpc) is 2.93. The SMILES string of the molecule is COc1ccc(S(=O)(=O)N(CC(=O)N(Cc2c(Cl)cccc2Cl)[C@H](C)C(=O)NC(C)C)c2cc(C)cc(C)c2)cc1OC. The van der Waals surface area contributed by atoms with Gasteiger partial charge in [-0.05, 0) is 82.1 Å². The number of aryl methyl sites for hydroxylation is 2. The number of hydrogen-bond donors (Lipinski definition) is 1. The Bertz CT molecular complexity index is 1560. The van der Waals surface area contributed by atoms with Gasteiger partial charge in [0.25, 0.3) is 10.0 Å². The molecule has 0 fully saturated rings. The first kappa shape index (κ1) is 34.0. The van der Waals surface area contributed by atoms with Crippen LogP contribution in [-0.4, -0.2) is 58.0 Å². The van der Waals surface area contributed by atoms with Crippen molar-refractivity contribution in [3.63, 3.8) is 0 Å². The molecular formula is C31H37Cl2N3O6S. The second-order valence-electron chi connectivity index (χ2n) is 10.4. The molecule has 3 aromatic carbocycles. The molecule has 0 saturated carbocycles. The summed E-state index contributed by atoms with van der Waals surface area (Å²) in [4.78, 5) is 28.5. The number of benzene rings is 3. The van der Waals surface area contributed by atoms with Gasteiger partial charge in [0, 0.05) is 34.3 Å². The van der Waals surface area contributed by atoms with Gasteiger partial charge in [-0.15, -0.1) is 0 Å². The molecule has 2 amide bonds. The summed E-state index contributed by atoms with van der Waals surface area (Å²) >= 11 is 12.9. The number of nitrogens with zero attached hydrogens (tertiary/aromatic N) is 2. The van der Waals surface area contributed by atoms with Crippen LogP contribution < -0.4 is 19.1 Å². The summed E-state index contributed by atoms with van der Waals surface area (Å²) in [5, 5.41) is 3.44. The van der Waals surface area contributed by atoms with E-state index in [1.807, 2.05) is 19.9 Å². The maximum absolute atomic E-state index is 14.2. The molecule has 1 N–H and O–H groups in total. The number of hydrogen-bond acceptors (Lipinski definition) is 6. The van der Waals surface area contributed by atoms with Crippen LogP contribution in [0.2, 0.25) is 10.0 Å². The van der Waals surface area contributed by atoms with Crippen molar-refractivity contribution in [3.05, 3.63) is 81.3 Å². The van der Waals surface area contributed by atoms with E-state index in [-0.39, 0.29) is 28.9 Å². The summed E-state index contributed by atoms with van der Waals surface area (Å²) in [7, 11) is -1.48. The highest BCUT2D eigenvalue weighted by Gasteiger charge is 2.34. The maximum Gasteiger partial charge on any atom is 0.264 e. The number of amides is 2. The zero-order valence-corrected chi connectivity index (χ0v) is 27.6. The molecule has 0 aliphatic carbocycles. The quantitative estimate of drug-likeness (QED) is 0.267. The summed E-state index contributed by atoms with van der Waals surface area (Å²) in [6.45, 7) is 8.12. The smallest absolute Gasteiger partial charge is 0.264 e. The minimum Gasteiger partial charge on any atom is -0.493 e. The van der Waals surface area contributed by atoms with E-state index < -0.39 is 34.4 Å². The monoisotopic (exact) mass is 649 g/mol. The Kier molecular flexibility index (Phi) is 11.3. The highest BCUT2D eigenvalue weighted by atomic mass is 35.5. The van der Waals surface area contributed by atoms with Gasteiger partial charge in [0.1, 0.15) is 12.6 Å². The zero-order chi connectivity index (χ0) is 32.1. The number of sulfonamides is 1. The van der Waals surface area contributed by atoms with E-state index >= 15 is 0 Å². The second kappa shape index (κ2) is 14.3. The van der Waals surface area contributed by atoms with Gasteiger partial charge in [-0.2, -0.15) is 0 Å². The topological polar surface area (TPSA) is 105 Å². The van der Waals surface area contributed by atoms with E-state index in [2.05, 4.69) is 5.32 Å². The normalized spacial score (nSPS) is 12.0. The first-order valence-electron chi connectivity index (χ1n) is 13.5. The van der Waals surface area contributed by atoms with Crippen molar-refractivity contribution in [3.8, 4) is 11.5 Å². The van der Waals surface area contributed by atoms with E-state index in [4.69, 9.17) is 32.7 Å². The molecule has 0 spiro atoms. The fourth-order valence-electron chi connectivity index (χ4n) is 4.57. The second-order valence-corrected chi connectivity index (χ2v) is 13.1. The van der Waals surface area contributed by atoms with Crippen molar-refractivity contribution in [2.45, 2.75) is 58.1 Å². The third-order valence-electron chi connectivity index (χ3n) is 6.70. The Labute approximate surface area is 263 Å². The average molecular weight is 651 g/mol. The van der Waals surface area contributed by atoms with Crippen LogP contribution in [0.3, 0.4) is 0 Å². The molecule has 0 aliphatic heterocycles. The lowest BCUT2D eigenvalue weighted by atomic mass is 10.1. The number of anilines is 1. The Balaban J connectivity index is 2.15. The van der Waals surface area contributed by atoms with E-state index in [1.54, 1.807) is 51.1 Å². The van der Waals surface area contributed by atoms with Crippen LogP contribution in [0.1, 0.15) is 37.5 Å². The molecule has 43 heavy (non-hydrogen) atoms. The standard InChI is InChI=1S/C31H37Cl2N3O6S/c1-19(2)34-31(38)22(5)35(17-25-26(32)9-8-10-27(25)33)30(37)18-36(23-14-20(3)13-21(4)15-23)43(39,40)24-11-12-28(41-6)29(16-24)42-7/h8-16,19,22H,17-18H2,1-7H3,(H,34,38)/t22-/m1/s1. The summed E-state index contributed by atoms with van der Waals surface area (Å²) in [6, 6.07) is 13.2. The Morgan fingerprint density at radius 1 is 0.884 bits per heavy atom. The molecule has 0 saturated heterocycles. The van der Waals surface area contributed by atoms with Crippen LogP contribution in [0.25, 0.3) is 0 Å². The predicted molar refractivity (Wildman–Crippen MR) is 170 cm³/mol.